The van der Waals surface area contributed by atoms with Gasteiger partial charge in [0.1, 0.15) is 0 Å². The number of carbonyl (C=O) groups is 2. The molecule has 158 valence electrons. The molecule has 0 amide bonds. The number of hydrogen-bond donors (Lipinski definition) is 0. The first-order valence-corrected chi connectivity index (χ1v) is 10.00. The van der Waals surface area contributed by atoms with E-state index in [9.17, 15) is 9.59 Å². The molecule has 0 bridgehead atoms. The molecule has 0 fully saturated rings. The van der Waals surface area contributed by atoms with Crippen molar-refractivity contribution in [3.05, 3.63) is 95.1 Å². The van der Waals surface area contributed by atoms with Crippen LogP contribution in [0.2, 0.25) is 0 Å². The summed E-state index contributed by atoms with van der Waals surface area (Å²) in [6, 6.07) is 17.6. The maximum atomic E-state index is 12.5. The molecule has 0 unspecified atom stereocenters. The highest BCUT2D eigenvalue weighted by Gasteiger charge is 2.13. The Kier molecular flexibility index (Phi) is 5.17. The van der Waals surface area contributed by atoms with E-state index in [1.165, 1.54) is 12.2 Å². The van der Waals surface area contributed by atoms with Crippen LogP contribution in [0.15, 0.2) is 72.8 Å². The lowest BCUT2D eigenvalue weighted by Crippen LogP contribution is -1.98. The van der Waals surface area contributed by atoms with Gasteiger partial charge in [-0.05, 0) is 47.5 Å². The third-order valence-electron chi connectivity index (χ3n) is 5.10. The van der Waals surface area contributed by atoms with Crippen LogP contribution >= 0.6 is 0 Å². The molecule has 0 saturated carbocycles. The lowest BCUT2D eigenvalue weighted by Gasteiger charge is -2.00. The fourth-order valence-corrected chi connectivity index (χ4v) is 3.37. The van der Waals surface area contributed by atoms with Gasteiger partial charge in [-0.25, -0.2) is 0 Å². The molecule has 2 heterocycles. The van der Waals surface area contributed by atoms with Crippen molar-refractivity contribution >= 4 is 23.7 Å². The van der Waals surface area contributed by atoms with E-state index in [2.05, 4.69) is 0 Å². The Morgan fingerprint density at radius 3 is 1.41 bits per heavy atom. The highest BCUT2D eigenvalue weighted by molar-refractivity contribution is 6.09. The zero-order chi connectivity index (χ0) is 21.9. The van der Waals surface area contributed by atoms with Crippen molar-refractivity contribution in [2.24, 2.45) is 0 Å². The fraction of sp³-hybridized carbons (Fsp3) is 0.0769. The van der Waals surface area contributed by atoms with Gasteiger partial charge in [0.15, 0.2) is 34.6 Å². The number of fused-ring (bicyclic) bond motifs is 2. The number of ketones is 2. The third kappa shape index (κ3) is 4.11. The quantitative estimate of drug-likeness (QED) is 0.411. The molecule has 0 radical (unpaired) electrons. The zero-order valence-electron chi connectivity index (χ0n) is 16.9. The number of rotatable bonds is 6. The molecule has 0 aromatic heterocycles. The first-order chi connectivity index (χ1) is 15.7. The second-order valence-corrected chi connectivity index (χ2v) is 7.20. The molecule has 2 aliphatic heterocycles. The second kappa shape index (κ2) is 8.43. The van der Waals surface area contributed by atoms with E-state index >= 15 is 0 Å². The maximum absolute atomic E-state index is 12.5. The van der Waals surface area contributed by atoms with Gasteiger partial charge in [0.25, 0.3) is 0 Å². The Labute approximate surface area is 184 Å². The minimum absolute atomic E-state index is 0.155. The van der Waals surface area contributed by atoms with E-state index in [0.29, 0.717) is 34.1 Å². The minimum atomic E-state index is -0.155. The summed E-state index contributed by atoms with van der Waals surface area (Å²) in [6.45, 7) is 0.413. The van der Waals surface area contributed by atoms with Gasteiger partial charge >= 0.3 is 0 Å². The van der Waals surface area contributed by atoms with Crippen molar-refractivity contribution in [3.63, 3.8) is 0 Å². The standard InChI is InChI=1S/C26H18O6/c27-21(9-1-17-3-11-23-25(13-17)31-15-29-23)19-5-7-20(8-6-19)22(28)10-2-18-4-12-24-26(14-18)32-16-30-24/h1-14H,15-16H2. The van der Waals surface area contributed by atoms with Crippen LogP contribution in [0.5, 0.6) is 23.0 Å². The Morgan fingerprint density at radius 2 is 0.969 bits per heavy atom. The van der Waals surface area contributed by atoms with Crippen molar-refractivity contribution in [2.45, 2.75) is 0 Å². The summed E-state index contributed by atoms with van der Waals surface area (Å²) < 4.78 is 21.3. The molecule has 0 atom stereocenters. The van der Waals surface area contributed by atoms with Crippen LogP contribution in [-0.2, 0) is 0 Å². The molecule has 0 spiro atoms. The summed E-state index contributed by atoms with van der Waals surface area (Å²) in [6.07, 6.45) is 6.43. The number of carbonyl (C=O) groups excluding carboxylic acids is 2. The second-order valence-electron chi connectivity index (χ2n) is 7.20. The smallest absolute Gasteiger partial charge is 0.231 e. The van der Waals surface area contributed by atoms with Gasteiger partial charge in [-0.3, -0.25) is 9.59 Å². The molecule has 0 saturated heterocycles. The Bertz CT molecular complexity index is 1160. The fourth-order valence-electron chi connectivity index (χ4n) is 3.37. The number of allylic oxidation sites excluding steroid dienone is 2. The van der Waals surface area contributed by atoms with Crippen LogP contribution in [0.4, 0.5) is 0 Å². The molecular weight excluding hydrogens is 408 g/mol. The molecule has 0 N–H and O–H groups in total. The van der Waals surface area contributed by atoms with Crippen molar-refractivity contribution in [1.82, 2.24) is 0 Å². The van der Waals surface area contributed by atoms with Crippen LogP contribution < -0.4 is 18.9 Å². The van der Waals surface area contributed by atoms with Crippen molar-refractivity contribution in [1.29, 1.82) is 0 Å². The van der Waals surface area contributed by atoms with E-state index in [-0.39, 0.29) is 25.2 Å². The van der Waals surface area contributed by atoms with E-state index in [1.54, 1.807) is 36.4 Å². The van der Waals surface area contributed by atoms with Gasteiger partial charge in [-0.2, -0.15) is 0 Å². The normalized spacial score (nSPS) is 13.8. The summed E-state index contributed by atoms with van der Waals surface area (Å²) in [4.78, 5) is 24.9. The Balaban J connectivity index is 1.23. The summed E-state index contributed by atoms with van der Waals surface area (Å²) >= 11 is 0. The molecule has 5 rings (SSSR count). The number of benzene rings is 3. The topological polar surface area (TPSA) is 71.1 Å². The van der Waals surface area contributed by atoms with Gasteiger partial charge < -0.3 is 18.9 Å². The Hall–Kier alpha value is -4.32. The molecule has 6 heteroatoms. The first-order valence-electron chi connectivity index (χ1n) is 10.00. The van der Waals surface area contributed by atoms with Gasteiger partial charge in [0.2, 0.25) is 13.6 Å². The molecule has 2 aliphatic rings. The molecular formula is C26H18O6. The van der Waals surface area contributed by atoms with Crippen LogP contribution in [0.25, 0.3) is 12.2 Å². The lowest BCUT2D eigenvalue weighted by molar-refractivity contribution is 0.103. The first kappa shape index (κ1) is 19.6. The van der Waals surface area contributed by atoms with E-state index < -0.39 is 0 Å². The number of hydrogen-bond acceptors (Lipinski definition) is 6. The van der Waals surface area contributed by atoms with Gasteiger partial charge in [0, 0.05) is 11.1 Å². The minimum Gasteiger partial charge on any atom is -0.454 e. The largest absolute Gasteiger partial charge is 0.454 e. The van der Waals surface area contributed by atoms with Crippen molar-refractivity contribution in [3.8, 4) is 23.0 Å². The summed E-state index contributed by atoms with van der Waals surface area (Å²) in [7, 11) is 0. The third-order valence-corrected chi connectivity index (χ3v) is 5.10. The average Bonchev–Trinajstić information content (AvgIpc) is 3.49. The van der Waals surface area contributed by atoms with Gasteiger partial charge in [0.05, 0.1) is 0 Å². The van der Waals surface area contributed by atoms with Crippen LogP contribution in [0.1, 0.15) is 31.8 Å². The molecule has 6 nitrogen and oxygen atoms in total. The van der Waals surface area contributed by atoms with E-state index in [1.807, 2.05) is 36.4 Å². The molecule has 3 aromatic carbocycles. The Morgan fingerprint density at radius 1 is 0.562 bits per heavy atom. The summed E-state index contributed by atoms with van der Waals surface area (Å²) in [5, 5.41) is 0. The highest BCUT2D eigenvalue weighted by atomic mass is 16.7. The predicted octanol–water partition coefficient (Wildman–Crippen LogP) is 4.94. The van der Waals surface area contributed by atoms with Crippen molar-refractivity contribution in [2.75, 3.05) is 13.6 Å². The summed E-state index contributed by atoms with van der Waals surface area (Å²) in [5.41, 5.74) is 2.67. The number of ether oxygens (including phenoxy) is 4. The monoisotopic (exact) mass is 426 g/mol. The molecule has 0 aliphatic carbocycles. The lowest BCUT2D eigenvalue weighted by atomic mass is 10.0. The van der Waals surface area contributed by atoms with E-state index in [0.717, 1.165) is 11.1 Å². The predicted molar refractivity (Wildman–Crippen MR) is 118 cm³/mol. The zero-order valence-corrected chi connectivity index (χ0v) is 16.9. The van der Waals surface area contributed by atoms with Crippen molar-refractivity contribution < 1.29 is 28.5 Å². The highest BCUT2D eigenvalue weighted by Crippen LogP contribution is 2.33. The SMILES string of the molecule is O=C(C=Cc1ccc2c(c1)OCO2)c1ccc(C(=O)C=Cc2ccc3c(c2)OCO3)cc1. The van der Waals surface area contributed by atoms with Crippen LogP contribution in [-0.4, -0.2) is 25.2 Å². The van der Waals surface area contributed by atoms with Crippen LogP contribution in [0, 0.1) is 0 Å². The van der Waals surface area contributed by atoms with Gasteiger partial charge in [-0.1, -0.05) is 48.6 Å². The van der Waals surface area contributed by atoms with E-state index in [4.69, 9.17) is 18.9 Å². The van der Waals surface area contributed by atoms with Crippen LogP contribution in [0.3, 0.4) is 0 Å². The van der Waals surface area contributed by atoms with Gasteiger partial charge in [-0.15, -0.1) is 0 Å². The summed E-state index contributed by atoms with van der Waals surface area (Å²) in [5.74, 6) is 2.41. The maximum Gasteiger partial charge on any atom is 0.231 e. The molecule has 32 heavy (non-hydrogen) atoms. The molecule has 3 aromatic rings. The average molecular weight is 426 g/mol.